The van der Waals surface area contributed by atoms with Crippen LogP contribution in [0.1, 0.15) is 108 Å². The van der Waals surface area contributed by atoms with Gasteiger partial charge in [0.1, 0.15) is 28.2 Å². The van der Waals surface area contributed by atoms with E-state index in [9.17, 15) is 19.2 Å². The Balaban J connectivity index is 0.000000813. The van der Waals surface area contributed by atoms with E-state index in [4.69, 9.17) is 24.7 Å². The zero-order valence-corrected chi connectivity index (χ0v) is 35.2. The molecule has 284 valence electrons. The van der Waals surface area contributed by atoms with E-state index in [0.717, 1.165) is 20.5 Å². The van der Waals surface area contributed by atoms with E-state index in [1.807, 2.05) is 13.0 Å². The van der Waals surface area contributed by atoms with Crippen molar-refractivity contribution in [3.8, 4) is 0 Å². The first kappa shape index (κ1) is 47.0. The van der Waals surface area contributed by atoms with Crippen molar-refractivity contribution in [2.45, 2.75) is 119 Å². The first-order valence-corrected chi connectivity index (χ1v) is 17.2. The summed E-state index contributed by atoms with van der Waals surface area (Å²) in [4.78, 5) is 56.3. The molecule has 2 aromatic heterocycles. The molecule has 2 heterocycles. The Morgan fingerprint density at radius 1 is 0.627 bits per heavy atom. The number of carbonyl (C=O) groups is 4. The van der Waals surface area contributed by atoms with Gasteiger partial charge in [0, 0.05) is 32.5 Å². The van der Waals surface area contributed by atoms with Crippen LogP contribution in [0.2, 0.25) is 0 Å². The predicted octanol–water partition coefficient (Wildman–Crippen LogP) is 10.9. The average Bonchev–Trinajstić information content (AvgIpc) is 2.87. The fourth-order valence-corrected chi connectivity index (χ4v) is 3.85. The standard InChI is InChI=1S/C18H25BrN2O4.C10H18O5.C8H9BrN2/c1-11(2)13-9-12(19)10-20-14(13)21(15(22)24-17(3,4)5)16(23)25-18(6,7)8;1-9(2,3)14-7(11)13-8(12)15-10(4,5)6;1-5(2)7-3-6(9)4-11-8(7)10/h9-10H,1H2,2-8H3;1-6H3;3-4H,1H2,2H3,(H2,10,11). The van der Waals surface area contributed by atoms with Crippen LogP contribution in [0, 0.1) is 0 Å². The first-order chi connectivity index (χ1) is 22.8. The van der Waals surface area contributed by atoms with Crippen molar-refractivity contribution in [3.63, 3.8) is 0 Å². The minimum Gasteiger partial charge on any atom is -0.443 e. The summed E-state index contributed by atoms with van der Waals surface area (Å²) in [5, 5.41) is 0. The molecule has 0 fully saturated rings. The molecule has 0 aromatic carbocycles. The minimum atomic E-state index is -1.06. The topological polar surface area (TPSA) is 169 Å². The van der Waals surface area contributed by atoms with Crippen molar-refractivity contribution in [2.75, 3.05) is 10.6 Å². The lowest BCUT2D eigenvalue weighted by Gasteiger charge is -2.29. The zero-order valence-electron chi connectivity index (χ0n) is 32.1. The summed E-state index contributed by atoms with van der Waals surface area (Å²) in [6.45, 7) is 31.6. The third kappa shape index (κ3) is 20.5. The quantitative estimate of drug-likeness (QED) is 0.176. The van der Waals surface area contributed by atoms with Crippen molar-refractivity contribution in [1.82, 2.24) is 9.97 Å². The van der Waals surface area contributed by atoms with E-state index in [1.165, 1.54) is 6.20 Å². The number of allylic oxidation sites excluding steroid dienone is 2. The van der Waals surface area contributed by atoms with E-state index in [1.54, 1.807) is 102 Å². The number of hydrogen-bond acceptors (Lipinski definition) is 12. The van der Waals surface area contributed by atoms with Crippen LogP contribution in [0.4, 0.5) is 30.8 Å². The number of nitrogen functional groups attached to an aromatic ring is 1. The Kier molecular flexibility index (Phi) is 17.5. The molecule has 2 amide bonds. The second-order valence-electron chi connectivity index (χ2n) is 15.0. The highest BCUT2D eigenvalue weighted by Crippen LogP contribution is 2.30. The molecule has 0 aliphatic carbocycles. The summed E-state index contributed by atoms with van der Waals surface area (Å²) >= 11 is 6.64. The summed E-state index contributed by atoms with van der Waals surface area (Å²) < 4.78 is 26.1. The van der Waals surface area contributed by atoms with Crippen LogP contribution in [0.5, 0.6) is 0 Å². The smallest absolute Gasteiger partial charge is 0.443 e. The monoisotopic (exact) mass is 842 g/mol. The number of pyridine rings is 2. The number of anilines is 2. The molecule has 2 N–H and O–H groups in total. The number of rotatable bonds is 3. The summed E-state index contributed by atoms with van der Waals surface area (Å²) in [6, 6.07) is 3.64. The number of amides is 2. The number of nitrogens with zero attached hydrogens (tertiary/aromatic N) is 3. The molecule has 15 heteroatoms. The normalized spacial score (nSPS) is 11.3. The van der Waals surface area contributed by atoms with E-state index >= 15 is 0 Å². The predicted molar refractivity (Wildman–Crippen MR) is 206 cm³/mol. The van der Waals surface area contributed by atoms with Crippen LogP contribution in [-0.2, 0) is 23.7 Å². The highest BCUT2D eigenvalue weighted by Gasteiger charge is 2.35. The van der Waals surface area contributed by atoms with Gasteiger partial charge in [0.25, 0.3) is 0 Å². The largest absolute Gasteiger partial charge is 0.519 e. The van der Waals surface area contributed by atoms with E-state index < -0.39 is 46.9 Å². The fraction of sp³-hybridized carbons (Fsp3) is 0.500. The van der Waals surface area contributed by atoms with Crippen molar-refractivity contribution < 1.29 is 42.9 Å². The molecule has 0 aliphatic heterocycles. The molecule has 13 nitrogen and oxygen atoms in total. The Labute approximate surface area is 318 Å². The maximum Gasteiger partial charge on any atom is 0.519 e. The highest BCUT2D eigenvalue weighted by molar-refractivity contribution is 9.10. The molecule has 2 rings (SSSR count). The van der Waals surface area contributed by atoms with Gasteiger partial charge in [-0.3, -0.25) is 0 Å². The molecular formula is C36H52Br2N4O9. The van der Waals surface area contributed by atoms with Crippen molar-refractivity contribution in [1.29, 1.82) is 0 Å². The van der Waals surface area contributed by atoms with Gasteiger partial charge in [0.05, 0.1) is 0 Å². The third-order valence-corrected chi connectivity index (χ3v) is 5.82. The molecule has 0 saturated heterocycles. The number of ether oxygens (including phenoxy) is 5. The van der Waals surface area contributed by atoms with Gasteiger partial charge in [-0.2, -0.15) is 4.90 Å². The Morgan fingerprint density at radius 2 is 0.961 bits per heavy atom. The number of nitrogens with two attached hydrogens (primary N) is 1. The summed E-state index contributed by atoms with van der Waals surface area (Å²) in [5.74, 6) is 0.639. The van der Waals surface area contributed by atoms with Crippen molar-refractivity contribution >= 4 is 79.1 Å². The van der Waals surface area contributed by atoms with Crippen LogP contribution in [0.25, 0.3) is 11.1 Å². The average molecular weight is 845 g/mol. The summed E-state index contributed by atoms with van der Waals surface area (Å²) in [6.07, 6.45) is -0.683. The molecule has 0 aliphatic rings. The van der Waals surface area contributed by atoms with Crippen LogP contribution in [-0.4, -0.2) is 56.9 Å². The van der Waals surface area contributed by atoms with Crippen molar-refractivity contribution in [2.24, 2.45) is 0 Å². The molecule has 2 aromatic rings. The number of halogens is 2. The van der Waals surface area contributed by atoms with E-state index in [2.05, 4.69) is 59.7 Å². The van der Waals surface area contributed by atoms with Gasteiger partial charge < -0.3 is 29.4 Å². The van der Waals surface area contributed by atoms with Gasteiger partial charge in [-0.15, -0.1) is 0 Å². The third-order valence-electron chi connectivity index (χ3n) is 4.95. The molecule has 51 heavy (non-hydrogen) atoms. The molecule has 0 spiro atoms. The van der Waals surface area contributed by atoms with Gasteiger partial charge in [-0.05, 0) is 152 Å². The van der Waals surface area contributed by atoms with E-state index in [0.29, 0.717) is 21.4 Å². The van der Waals surface area contributed by atoms with Gasteiger partial charge in [0.2, 0.25) is 0 Å². The van der Waals surface area contributed by atoms with Crippen LogP contribution < -0.4 is 10.6 Å². The Bertz CT molecular complexity index is 1530. The molecule has 0 radical (unpaired) electrons. The zero-order chi connectivity index (χ0) is 40.3. The fourth-order valence-electron chi connectivity index (χ4n) is 3.19. The lowest BCUT2D eigenvalue weighted by atomic mass is 10.1. The maximum absolute atomic E-state index is 12.7. The second kappa shape index (κ2) is 19.0. The SMILES string of the molecule is C=C(C)c1cc(Br)cnc1N.C=C(C)c1cc(Br)cnc1N(C(=O)OC(C)(C)C)C(=O)OC(C)(C)C.CC(C)(C)OC(=O)OC(=O)OC(C)(C)C. The van der Waals surface area contributed by atoms with Gasteiger partial charge in [-0.25, -0.2) is 29.1 Å². The highest BCUT2D eigenvalue weighted by atomic mass is 79.9. The van der Waals surface area contributed by atoms with Gasteiger partial charge >= 0.3 is 24.5 Å². The van der Waals surface area contributed by atoms with Crippen LogP contribution in [0.15, 0.2) is 46.6 Å². The molecule has 0 bridgehead atoms. The Morgan fingerprint density at radius 3 is 1.27 bits per heavy atom. The van der Waals surface area contributed by atoms with Gasteiger partial charge in [-0.1, -0.05) is 13.2 Å². The molecule has 0 unspecified atom stereocenters. The maximum atomic E-state index is 12.7. The van der Waals surface area contributed by atoms with Crippen molar-refractivity contribution in [3.05, 3.63) is 57.8 Å². The molecule has 0 saturated carbocycles. The molecular weight excluding hydrogens is 792 g/mol. The number of carbonyl (C=O) groups excluding carboxylic acids is 4. The lowest BCUT2D eigenvalue weighted by molar-refractivity contribution is -0.0294. The number of aromatic nitrogens is 2. The Hall–Kier alpha value is -3.98. The summed E-state index contributed by atoms with van der Waals surface area (Å²) in [7, 11) is 0. The van der Waals surface area contributed by atoms with Gasteiger partial charge in [0.15, 0.2) is 5.82 Å². The molecule has 0 atom stereocenters. The lowest BCUT2D eigenvalue weighted by Crippen LogP contribution is -2.44. The van der Waals surface area contributed by atoms with Crippen LogP contribution in [0.3, 0.4) is 0 Å². The van der Waals surface area contributed by atoms with E-state index in [-0.39, 0.29) is 5.82 Å². The van der Waals surface area contributed by atoms with Crippen LogP contribution >= 0.6 is 31.9 Å². The summed E-state index contributed by atoms with van der Waals surface area (Å²) in [5.41, 5.74) is 5.65. The number of hydrogen-bond donors (Lipinski definition) is 1. The minimum absolute atomic E-state index is 0.110. The number of imide groups is 1. The first-order valence-electron chi connectivity index (χ1n) is 15.6. The second-order valence-corrected chi connectivity index (χ2v) is 16.8.